The summed E-state index contributed by atoms with van der Waals surface area (Å²) in [6, 6.07) is 3.46. The fourth-order valence-electron chi connectivity index (χ4n) is 1.33. The van der Waals surface area contributed by atoms with Gasteiger partial charge in [0.15, 0.2) is 5.16 Å². The summed E-state index contributed by atoms with van der Waals surface area (Å²) in [6.07, 6.45) is 0. The molecule has 0 unspecified atom stereocenters. The van der Waals surface area contributed by atoms with Crippen molar-refractivity contribution in [2.45, 2.75) is 24.0 Å². The van der Waals surface area contributed by atoms with Crippen molar-refractivity contribution in [1.29, 1.82) is 0 Å². The van der Waals surface area contributed by atoms with Crippen LogP contribution in [-0.4, -0.2) is 15.0 Å². The highest BCUT2D eigenvalue weighted by molar-refractivity contribution is 7.99. The van der Waals surface area contributed by atoms with Crippen molar-refractivity contribution >= 4 is 46.6 Å². The normalized spacial score (nSPS) is 10.7. The maximum Gasteiger partial charge on any atom is 0.194 e. The average Bonchev–Trinajstić information content (AvgIpc) is 2.24. The van der Waals surface area contributed by atoms with E-state index in [1.165, 1.54) is 11.8 Å². The molecule has 0 radical (unpaired) electrons. The summed E-state index contributed by atoms with van der Waals surface area (Å²) >= 11 is 19.0. The molecule has 0 N–H and O–H groups in total. The molecule has 3 nitrogen and oxygen atoms in total. The van der Waals surface area contributed by atoms with E-state index in [0.717, 1.165) is 11.4 Å². The zero-order valence-corrected chi connectivity index (χ0v) is 12.6. The Morgan fingerprint density at radius 2 is 1.50 bits per heavy atom. The minimum atomic E-state index is 0.216. The maximum atomic E-state index is 6.05. The van der Waals surface area contributed by atoms with E-state index in [1.54, 1.807) is 6.07 Å². The number of rotatable bonds is 2. The van der Waals surface area contributed by atoms with Gasteiger partial charge in [-0.25, -0.2) is 15.0 Å². The van der Waals surface area contributed by atoms with Crippen LogP contribution < -0.4 is 0 Å². The monoisotopic (exact) mass is 319 g/mol. The largest absolute Gasteiger partial charge is 0.228 e. The Morgan fingerprint density at radius 1 is 0.889 bits per heavy atom. The van der Waals surface area contributed by atoms with Crippen molar-refractivity contribution < 1.29 is 0 Å². The molecule has 2 rings (SSSR count). The minimum Gasteiger partial charge on any atom is -0.228 e. The van der Waals surface area contributed by atoms with Crippen molar-refractivity contribution in [3.63, 3.8) is 0 Å². The van der Waals surface area contributed by atoms with E-state index < -0.39 is 0 Å². The Bertz CT molecular complexity index is 584. The van der Waals surface area contributed by atoms with Gasteiger partial charge in [-0.2, -0.15) is 0 Å². The first-order chi connectivity index (χ1) is 8.45. The summed E-state index contributed by atoms with van der Waals surface area (Å²) in [4.78, 5) is 12.7. The molecule has 0 amide bonds. The van der Waals surface area contributed by atoms with Gasteiger partial charge in [-0.3, -0.25) is 0 Å². The molecule has 0 aliphatic carbocycles. The first-order valence-electron chi connectivity index (χ1n) is 4.97. The van der Waals surface area contributed by atoms with Crippen LogP contribution in [0.15, 0.2) is 22.3 Å². The van der Waals surface area contributed by atoms with Gasteiger partial charge >= 0.3 is 0 Å². The Kier molecular flexibility index (Phi) is 4.33. The van der Waals surface area contributed by atoms with Crippen molar-refractivity contribution in [2.75, 3.05) is 0 Å². The lowest BCUT2D eigenvalue weighted by molar-refractivity contribution is 0.899. The third-order valence-electron chi connectivity index (χ3n) is 2.00. The molecular formula is C11H8Cl3N3S. The van der Waals surface area contributed by atoms with Crippen LogP contribution in [-0.2, 0) is 0 Å². The van der Waals surface area contributed by atoms with Gasteiger partial charge in [0.05, 0.1) is 10.0 Å². The summed E-state index contributed by atoms with van der Waals surface area (Å²) in [5, 5.41) is 2.09. The SMILES string of the molecule is Cc1cc(C)nc(Sc2nc(Cl)c(Cl)cc2Cl)n1. The molecule has 0 saturated heterocycles. The van der Waals surface area contributed by atoms with Crippen molar-refractivity contribution in [3.05, 3.63) is 38.7 Å². The van der Waals surface area contributed by atoms with Gasteiger partial charge in [0.1, 0.15) is 10.2 Å². The fourth-order valence-corrected chi connectivity index (χ4v) is 2.83. The molecule has 0 saturated carbocycles. The van der Waals surface area contributed by atoms with E-state index in [2.05, 4.69) is 15.0 Å². The number of aromatic nitrogens is 3. The third-order valence-corrected chi connectivity index (χ3v) is 3.95. The maximum absolute atomic E-state index is 6.05. The van der Waals surface area contributed by atoms with Crippen LogP contribution in [0.25, 0.3) is 0 Å². The van der Waals surface area contributed by atoms with E-state index in [0.29, 0.717) is 20.2 Å². The molecule has 0 aliphatic heterocycles. The molecule has 2 aromatic heterocycles. The van der Waals surface area contributed by atoms with Crippen LogP contribution in [0, 0.1) is 13.8 Å². The molecule has 0 bridgehead atoms. The Hall–Kier alpha value is -0.550. The summed E-state index contributed by atoms with van der Waals surface area (Å²) in [5.41, 5.74) is 1.78. The minimum absolute atomic E-state index is 0.216. The number of halogens is 3. The van der Waals surface area contributed by atoms with Crippen LogP contribution in [0.1, 0.15) is 11.4 Å². The Labute approximate surface area is 124 Å². The van der Waals surface area contributed by atoms with Gasteiger partial charge in [0.25, 0.3) is 0 Å². The molecule has 18 heavy (non-hydrogen) atoms. The van der Waals surface area contributed by atoms with Gasteiger partial charge in [-0.1, -0.05) is 34.8 Å². The molecular weight excluding hydrogens is 313 g/mol. The van der Waals surface area contributed by atoms with Crippen LogP contribution in [0.2, 0.25) is 15.2 Å². The topological polar surface area (TPSA) is 38.7 Å². The average molecular weight is 321 g/mol. The summed E-state index contributed by atoms with van der Waals surface area (Å²) in [5.74, 6) is 0. The van der Waals surface area contributed by atoms with E-state index in [9.17, 15) is 0 Å². The molecule has 7 heteroatoms. The van der Waals surface area contributed by atoms with E-state index in [1.807, 2.05) is 19.9 Å². The van der Waals surface area contributed by atoms with Crippen LogP contribution in [0.4, 0.5) is 0 Å². The number of pyridine rings is 1. The second-order valence-electron chi connectivity index (χ2n) is 3.58. The predicted octanol–water partition coefficient (Wildman–Crippen LogP) is 4.60. The lowest BCUT2D eigenvalue weighted by Crippen LogP contribution is -1.94. The fraction of sp³-hybridized carbons (Fsp3) is 0.182. The second-order valence-corrected chi connectivity index (χ2v) is 5.71. The molecule has 0 fully saturated rings. The summed E-state index contributed by atoms with van der Waals surface area (Å²) in [7, 11) is 0. The third kappa shape index (κ3) is 3.26. The molecule has 0 aliphatic rings. The number of aryl methyl sites for hydroxylation is 2. The van der Waals surface area contributed by atoms with Crippen molar-refractivity contribution in [3.8, 4) is 0 Å². The standard InChI is InChI=1S/C11H8Cl3N3S/c1-5-3-6(2)16-11(15-5)18-10-8(13)4-7(12)9(14)17-10/h3-4H,1-2H3. The molecule has 94 valence electrons. The van der Waals surface area contributed by atoms with Gasteiger partial charge in [-0.05, 0) is 37.7 Å². The molecule has 0 spiro atoms. The first kappa shape index (κ1) is 13.9. The Morgan fingerprint density at radius 3 is 2.11 bits per heavy atom. The molecule has 2 aromatic rings. The summed E-state index contributed by atoms with van der Waals surface area (Å²) < 4.78 is 0. The highest BCUT2D eigenvalue weighted by atomic mass is 35.5. The Balaban J connectivity index is 2.36. The van der Waals surface area contributed by atoms with Gasteiger partial charge < -0.3 is 0 Å². The van der Waals surface area contributed by atoms with Gasteiger partial charge in [-0.15, -0.1) is 0 Å². The van der Waals surface area contributed by atoms with E-state index in [-0.39, 0.29) is 5.15 Å². The number of hydrogen-bond acceptors (Lipinski definition) is 4. The van der Waals surface area contributed by atoms with Crippen molar-refractivity contribution in [1.82, 2.24) is 15.0 Å². The highest BCUT2D eigenvalue weighted by Crippen LogP contribution is 2.34. The zero-order chi connectivity index (χ0) is 13.3. The molecule has 0 atom stereocenters. The van der Waals surface area contributed by atoms with Crippen LogP contribution >= 0.6 is 46.6 Å². The van der Waals surface area contributed by atoms with E-state index >= 15 is 0 Å². The van der Waals surface area contributed by atoms with Crippen LogP contribution in [0.5, 0.6) is 0 Å². The number of nitrogens with zero attached hydrogens (tertiary/aromatic N) is 3. The van der Waals surface area contributed by atoms with E-state index in [4.69, 9.17) is 34.8 Å². The highest BCUT2D eigenvalue weighted by Gasteiger charge is 2.11. The quantitative estimate of drug-likeness (QED) is 0.599. The molecule has 2 heterocycles. The zero-order valence-electron chi connectivity index (χ0n) is 9.54. The van der Waals surface area contributed by atoms with Crippen LogP contribution in [0.3, 0.4) is 0 Å². The predicted molar refractivity (Wildman–Crippen MR) is 74.9 cm³/mol. The number of hydrogen-bond donors (Lipinski definition) is 0. The first-order valence-corrected chi connectivity index (χ1v) is 6.92. The lowest BCUT2D eigenvalue weighted by Gasteiger charge is -2.05. The lowest BCUT2D eigenvalue weighted by atomic mass is 10.4. The molecule has 0 aromatic carbocycles. The van der Waals surface area contributed by atoms with Gasteiger partial charge in [0.2, 0.25) is 0 Å². The smallest absolute Gasteiger partial charge is 0.194 e. The second kappa shape index (κ2) is 5.61. The summed E-state index contributed by atoms with van der Waals surface area (Å²) in [6.45, 7) is 3.81. The van der Waals surface area contributed by atoms with Crippen molar-refractivity contribution in [2.24, 2.45) is 0 Å². The van der Waals surface area contributed by atoms with Gasteiger partial charge in [0, 0.05) is 11.4 Å².